The van der Waals surface area contributed by atoms with E-state index in [9.17, 15) is 18.0 Å². The van der Waals surface area contributed by atoms with Gasteiger partial charge in [0.1, 0.15) is 0 Å². The van der Waals surface area contributed by atoms with E-state index >= 15 is 0 Å². The Labute approximate surface area is 216 Å². The molecule has 2 aliphatic rings. The molecule has 1 heterocycles. The van der Waals surface area contributed by atoms with Gasteiger partial charge in [-0.15, -0.1) is 0 Å². The lowest BCUT2D eigenvalue weighted by Gasteiger charge is -2.32. The largest absolute Gasteiger partial charge is 0.493 e. The Morgan fingerprint density at radius 3 is 2.31 bits per heavy atom. The summed E-state index contributed by atoms with van der Waals surface area (Å²) < 4.78 is 38.6. The topological polar surface area (TPSA) is 102 Å². The first kappa shape index (κ1) is 26.1. The van der Waals surface area contributed by atoms with Crippen LogP contribution < -0.4 is 14.2 Å². The van der Waals surface area contributed by atoms with Crippen molar-refractivity contribution >= 4 is 44.7 Å². The first-order chi connectivity index (χ1) is 17.2. The number of benzene rings is 2. The number of hydrogen-bond donors (Lipinski definition) is 1. The van der Waals surface area contributed by atoms with Gasteiger partial charge in [-0.05, 0) is 73.4 Å². The van der Waals surface area contributed by atoms with Crippen molar-refractivity contribution in [2.75, 3.05) is 18.9 Å². The zero-order valence-electron chi connectivity index (χ0n) is 20.5. The van der Waals surface area contributed by atoms with Crippen LogP contribution in [-0.2, 0) is 14.8 Å². The minimum Gasteiger partial charge on any atom is -0.493 e. The molecule has 2 aromatic carbocycles. The van der Waals surface area contributed by atoms with Gasteiger partial charge in [0.05, 0.1) is 24.0 Å². The minimum atomic E-state index is -3.86. The van der Waals surface area contributed by atoms with Gasteiger partial charge in [0, 0.05) is 17.8 Å². The van der Waals surface area contributed by atoms with Crippen molar-refractivity contribution in [1.82, 2.24) is 4.90 Å². The lowest BCUT2D eigenvalue weighted by atomic mass is 9.84. The van der Waals surface area contributed by atoms with Crippen LogP contribution in [0.25, 0.3) is 6.08 Å². The van der Waals surface area contributed by atoms with Crippen molar-refractivity contribution < 1.29 is 27.5 Å². The second-order valence-electron chi connectivity index (χ2n) is 8.93. The fourth-order valence-corrected chi connectivity index (χ4v) is 6.64. The molecule has 1 N–H and O–H groups in total. The molecular weight excluding hydrogens is 500 g/mol. The van der Waals surface area contributed by atoms with E-state index < -0.39 is 10.0 Å². The van der Waals surface area contributed by atoms with Crippen LogP contribution in [0.2, 0.25) is 0 Å². The minimum absolute atomic E-state index is 0.0324. The molecule has 8 nitrogen and oxygen atoms in total. The molecule has 2 fully saturated rings. The van der Waals surface area contributed by atoms with E-state index in [0.717, 1.165) is 37.4 Å². The van der Waals surface area contributed by atoms with Crippen molar-refractivity contribution in [2.24, 2.45) is 5.92 Å². The normalized spacial score (nSPS) is 19.0. The average Bonchev–Trinajstić information content (AvgIpc) is 3.16. The molecule has 1 atom stereocenters. The molecule has 0 bridgehead atoms. The van der Waals surface area contributed by atoms with Crippen LogP contribution in [0.1, 0.15) is 44.6 Å². The van der Waals surface area contributed by atoms with Crippen LogP contribution in [0.5, 0.6) is 11.5 Å². The van der Waals surface area contributed by atoms with Gasteiger partial charge in [-0.1, -0.05) is 31.4 Å². The molecule has 0 spiro atoms. The standard InChI is InChI=1S/C26H30N2O6S2/c1-17(19-7-5-4-6-8-19)28-25(29)24(35-26(28)30)15-18-9-11-20(12-10-18)27-36(31,32)21-13-14-22(33-2)23(16-21)34-3/h9-17,19,27H,4-8H2,1-3H3/b24-15-. The van der Waals surface area contributed by atoms with Gasteiger partial charge in [-0.2, -0.15) is 0 Å². The molecular formula is C26H30N2O6S2. The lowest BCUT2D eigenvalue weighted by molar-refractivity contribution is -0.125. The van der Waals surface area contributed by atoms with E-state index in [2.05, 4.69) is 4.72 Å². The summed E-state index contributed by atoms with van der Waals surface area (Å²) in [6.07, 6.45) is 7.26. The first-order valence-electron chi connectivity index (χ1n) is 11.9. The number of rotatable bonds is 8. The van der Waals surface area contributed by atoms with Gasteiger partial charge < -0.3 is 9.47 Å². The average molecular weight is 531 g/mol. The molecule has 1 saturated carbocycles. The number of ether oxygens (including phenoxy) is 2. The van der Waals surface area contributed by atoms with E-state index in [1.54, 1.807) is 30.3 Å². The highest BCUT2D eigenvalue weighted by Gasteiger charge is 2.40. The first-order valence-corrected chi connectivity index (χ1v) is 14.2. The number of nitrogens with zero attached hydrogens (tertiary/aromatic N) is 1. The van der Waals surface area contributed by atoms with Crippen LogP contribution in [0.3, 0.4) is 0 Å². The number of carbonyl (C=O) groups excluding carboxylic acids is 2. The maximum Gasteiger partial charge on any atom is 0.293 e. The summed E-state index contributed by atoms with van der Waals surface area (Å²) in [5, 5.41) is -0.233. The smallest absolute Gasteiger partial charge is 0.293 e. The maximum absolute atomic E-state index is 13.0. The predicted octanol–water partition coefficient (Wildman–Crippen LogP) is 5.51. The number of thioether (sulfide) groups is 1. The van der Waals surface area contributed by atoms with E-state index in [1.807, 2.05) is 6.92 Å². The molecule has 4 rings (SSSR count). The van der Waals surface area contributed by atoms with E-state index in [1.165, 1.54) is 43.7 Å². The number of sulfonamides is 1. The zero-order valence-corrected chi connectivity index (χ0v) is 22.2. The Morgan fingerprint density at radius 2 is 1.67 bits per heavy atom. The number of hydrogen-bond acceptors (Lipinski definition) is 7. The molecule has 0 radical (unpaired) electrons. The van der Waals surface area contributed by atoms with E-state index in [-0.39, 0.29) is 22.1 Å². The van der Waals surface area contributed by atoms with Gasteiger partial charge in [-0.25, -0.2) is 8.42 Å². The Kier molecular flexibility index (Phi) is 7.94. The van der Waals surface area contributed by atoms with Gasteiger partial charge in [-0.3, -0.25) is 19.2 Å². The van der Waals surface area contributed by atoms with Crippen LogP contribution in [0.4, 0.5) is 10.5 Å². The summed E-state index contributed by atoms with van der Waals surface area (Å²) >= 11 is 0.952. The monoisotopic (exact) mass is 530 g/mol. The fourth-order valence-electron chi connectivity index (χ4n) is 4.65. The second-order valence-corrected chi connectivity index (χ2v) is 11.6. The van der Waals surface area contributed by atoms with Gasteiger partial charge >= 0.3 is 0 Å². The molecule has 0 aromatic heterocycles. The van der Waals surface area contributed by atoms with Crippen LogP contribution >= 0.6 is 11.8 Å². The predicted molar refractivity (Wildman–Crippen MR) is 141 cm³/mol. The number of amides is 2. The molecule has 1 unspecified atom stereocenters. The zero-order chi connectivity index (χ0) is 25.9. The highest BCUT2D eigenvalue weighted by molar-refractivity contribution is 8.18. The summed E-state index contributed by atoms with van der Waals surface area (Å²) in [6.45, 7) is 1.97. The van der Waals surface area contributed by atoms with Crippen molar-refractivity contribution in [3.63, 3.8) is 0 Å². The van der Waals surface area contributed by atoms with Crippen LogP contribution in [-0.4, -0.2) is 44.7 Å². The molecule has 1 aliphatic carbocycles. The van der Waals surface area contributed by atoms with Crippen molar-refractivity contribution in [1.29, 1.82) is 0 Å². The van der Waals surface area contributed by atoms with E-state index in [0.29, 0.717) is 33.6 Å². The molecule has 10 heteroatoms. The van der Waals surface area contributed by atoms with Crippen molar-refractivity contribution in [3.8, 4) is 11.5 Å². The molecule has 192 valence electrons. The van der Waals surface area contributed by atoms with Crippen LogP contribution in [0.15, 0.2) is 52.3 Å². The number of anilines is 1. The van der Waals surface area contributed by atoms with Gasteiger partial charge in [0.15, 0.2) is 11.5 Å². The molecule has 1 saturated heterocycles. The van der Waals surface area contributed by atoms with Crippen molar-refractivity contribution in [2.45, 2.75) is 50.0 Å². The summed E-state index contributed by atoms with van der Waals surface area (Å²) in [7, 11) is -0.948. The second kappa shape index (κ2) is 11.0. The number of nitrogens with one attached hydrogen (secondary N) is 1. The fraction of sp³-hybridized carbons (Fsp3) is 0.385. The summed E-state index contributed by atoms with van der Waals surface area (Å²) in [6, 6.07) is 10.9. The third kappa shape index (κ3) is 5.54. The highest BCUT2D eigenvalue weighted by atomic mass is 32.2. The number of methoxy groups -OCH3 is 2. The summed E-state index contributed by atoms with van der Waals surface area (Å²) in [5.74, 6) is 0.826. The molecule has 2 aromatic rings. The lowest BCUT2D eigenvalue weighted by Crippen LogP contribution is -2.42. The summed E-state index contributed by atoms with van der Waals surface area (Å²) in [4.78, 5) is 27.5. The highest BCUT2D eigenvalue weighted by Crippen LogP contribution is 2.38. The van der Waals surface area contributed by atoms with Gasteiger partial charge in [0.25, 0.3) is 21.2 Å². The molecule has 2 amide bonds. The third-order valence-electron chi connectivity index (χ3n) is 6.69. The summed E-state index contributed by atoms with van der Waals surface area (Å²) in [5.41, 5.74) is 1.06. The Balaban J connectivity index is 1.46. The Bertz CT molecular complexity index is 1270. The third-order valence-corrected chi connectivity index (χ3v) is 8.95. The SMILES string of the molecule is COc1ccc(S(=O)(=O)Nc2ccc(/C=C3\SC(=O)N(C(C)C4CCCCC4)C3=O)cc2)cc1OC. The Hall–Kier alpha value is -2.98. The van der Waals surface area contributed by atoms with Gasteiger partial charge in [0.2, 0.25) is 0 Å². The quantitative estimate of drug-likeness (QED) is 0.449. The van der Waals surface area contributed by atoms with Crippen molar-refractivity contribution in [3.05, 3.63) is 52.9 Å². The Morgan fingerprint density at radius 1 is 1.00 bits per heavy atom. The van der Waals surface area contributed by atoms with E-state index in [4.69, 9.17) is 9.47 Å². The molecule has 1 aliphatic heterocycles. The molecule has 36 heavy (non-hydrogen) atoms. The number of carbonyl (C=O) groups is 2. The maximum atomic E-state index is 13.0. The van der Waals surface area contributed by atoms with Crippen LogP contribution in [0, 0.1) is 5.92 Å². The number of imide groups is 1.